The van der Waals surface area contributed by atoms with Crippen LogP contribution in [0.4, 0.5) is 0 Å². The van der Waals surface area contributed by atoms with Crippen molar-refractivity contribution in [2.24, 2.45) is 11.7 Å². The Morgan fingerprint density at radius 1 is 1.36 bits per heavy atom. The average molecular weight is 220 g/mol. The first-order valence-corrected chi connectivity index (χ1v) is 6.89. The van der Waals surface area contributed by atoms with E-state index >= 15 is 0 Å². The van der Waals surface area contributed by atoms with Gasteiger partial charge in [-0.3, -0.25) is 0 Å². The summed E-state index contributed by atoms with van der Waals surface area (Å²) in [6.07, 6.45) is 2.53. The van der Waals surface area contributed by atoms with E-state index in [1.54, 1.807) is 4.31 Å². The van der Waals surface area contributed by atoms with Crippen LogP contribution in [0, 0.1) is 5.92 Å². The van der Waals surface area contributed by atoms with Crippen molar-refractivity contribution in [3.05, 3.63) is 0 Å². The Hall–Kier alpha value is -0.130. The quantitative estimate of drug-likeness (QED) is 0.746. The van der Waals surface area contributed by atoms with E-state index in [-0.39, 0.29) is 5.75 Å². The summed E-state index contributed by atoms with van der Waals surface area (Å²) in [6.45, 7) is 3.89. The molecule has 1 rings (SSSR count). The van der Waals surface area contributed by atoms with E-state index in [0.717, 1.165) is 12.8 Å². The molecular formula is C9H20N2O2S. The molecule has 0 spiro atoms. The highest BCUT2D eigenvalue weighted by Gasteiger charge is 2.26. The summed E-state index contributed by atoms with van der Waals surface area (Å²) in [6, 6.07) is 0. The predicted molar refractivity (Wildman–Crippen MR) is 57.4 cm³/mol. The van der Waals surface area contributed by atoms with E-state index in [9.17, 15) is 8.42 Å². The number of nitrogens with zero attached hydrogens (tertiary/aromatic N) is 1. The van der Waals surface area contributed by atoms with Gasteiger partial charge in [0.2, 0.25) is 10.0 Å². The van der Waals surface area contributed by atoms with Gasteiger partial charge in [-0.25, -0.2) is 12.7 Å². The maximum Gasteiger partial charge on any atom is 0.214 e. The summed E-state index contributed by atoms with van der Waals surface area (Å²) in [5.74, 6) is 0.795. The number of rotatable bonds is 4. The molecule has 14 heavy (non-hydrogen) atoms. The highest BCUT2D eigenvalue weighted by molar-refractivity contribution is 7.89. The van der Waals surface area contributed by atoms with E-state index in [2.05, 4.69) is 0 Å². The van der Waals surface area contributed by atoms with Crippen molar-refractivity contribution in [1.82, 2.24) is 4.31 Å². The Morgan fingerprint density at radius 2 is 1.93 bits per heavy atom. The number of nitrogens with two attached hydrogens (primary N) is 1. The highest BCUT2D eigenvalue weighted by atomic mass is 32.2. The van der Waals surface area contributed by atoms with E-state index in [1.165, 1.54) is 0 Å². The molecule has 1 heterocycles. The van der Waals surface area contributed by atoms with Crippen LogP contribution < -0.4 is 5.73 Å². The van der Waals surface area contributed by atoms with Crippen molar-refractivity contribution in [3.63, 3.8) is 0 Å². The van der Waals surface area contributed by atoms with Crippen LogP contribution in [0.3, 0.4) is 0 Å². The zero-order chi connectivity index (χ0) is 10.6. The molecule has 0 bridgehead atoms. The fourth-order valence-electron chi connectivity index (χ4n) is 1.81. The fourth-order valence-corrected chi connectivity index (χ4v) is 3.35. The van der Waals surface area contributed by atoms with Crippen LogP contribution in [0.15, 0.2) is 0 Å². The van der Waals surface area contributed by atoms with Crippen LogP contribution >= 0.6 is 0 Å². The lowest BCUT2D eigenvalue weighted by atomic mass is 9.99. The molecule has 0 atom stereocenters. The third-order valence-electron chi connectivity index (χ3n) is 2.76. The Labute approximate surface area is 86.5 Å². The van der Waals surface area contributed by atoms with Gasteiger partial charge in [0.25, 0.3) is 0 Å². The molecule has 84 valence electrons. The second-order valence-electron chi connectivity index (χ2n) is 3.89. The Kier molecular flexibility index (Phi) is 4.34. The molecule has 0 radical (unpaired) electrons. The zero-order valence-electron chi connectivity index (χ0n) is 8.78. The molecule has 0 aromatic heterocycles. The van der Waals surface area contributed by atoms with E-state index in [1.807, 2.05) is 6.92 Å². The minimum Gasteiger partial charge on any atom is -0.330 e. The van der Waals surface area contributed by atoms with Gasteiger partial charge in [0.05, 0.1) is 5.75 Å². The predicted octanol–water partition coefficient (Wildman–Crippen LogP) is 0.397. The first-order chi connectivity index (χ1) is 6.60. The van der Waals surface area contributed by atoms with E-state index in [4.69, 9.17) is 5.73 Å². The molecule has 0 aliphatic carbocycles. The lowest BCUT2D eigenvalue weighted by molar-refractivity contribution is 0.278. The van der Waals surface area contributed by atoms with Gasteiger partial charge >= 0.3 is 0 Å². The number of hydrogen-bond acceptors (Lipinski definition) is 3. The largest absolute Gasteiger partial charge is 0.330 e. The van der Waals surface area contributed by atoms with Crippen molar-refractivity contribution >= 4 is 10.0 Å². The second kappa shape index (κ2) is 5.09. The molecule has 4 nitrogen and oxygen atoms in total. The molecule has 2 N–H and O–H groups in total. The van der Waals surface area contributed by atoms with Gasteiger partial charge in [0.1, 0.15) is 0 Å². The van der Waals surface area contributed by atoms with Gasteiger partial charge in [-0.1, -0.05) is 6.92 Å². The molecule has 0 saturated carbocycles. The summed E-state index contributed by atoms with van der Waals surface area (Å²) in [5, 5.41) is 0. The summed E-state index contributed by atoms with van der Waals surface area (Å²) >= 11 is 0. The Balaban J connectivity index is 2.49. The van der Waals surface area contributed by atoms with Gasteiger partial charge in [-0.15, -0.1) is 0 Å². The van der Waals surface area contributed by atoms with Crippen molar-refractivity contribution in [2.45, 2.75) is 26.2 Å². The Morgan fingerprint density at radius 3 is 2.36 bits per heavy atom. The van der Waals surface area contributed by atoms with Crippen molar-refractivity contribution in [1.29, 1.82) is 0 Å². The van der Waals surface area contributed by atoms with Crippen LogP contribution in [-0.2, 0) is 10.0 Å². The molecule has 1 fully saturated rings. The first kappa shape index (κ1) is 11.9. The molecule has 0 aromatic carbocycles. The van der Waals surface area contributed by atoms with Crippen molar-refractivity contribution in [3.8, 4) is 0 Å². The third-order valence-corrected chi connectivity index (χ3v) is 4.84. The topological polar surface area (TPSA) is 63.4 Å². The summed E-state index contributed by atoms with van der Waals surface area (Å²) < 4.78 is 25.0. The summed E-state index contributed by atoms with van der Waals surface area (Å²) in [7, 11) is -2.97. The van der Waals surface area contributed by atoms with Gasteiger partial charge in [-0.05, 0) is 31.7 Å². The van der Waals surface area contributed by atoms with Crippen LogP contribution in [0.25, 0.3) is 0 Å². The van der Waals surface area contributed by atoms with Crippen molar-refractivity contribution in [2.75, 3.05) is 25.4 Å². The number of sulfonamides is 1. The molecule has 5 heteroatoms. The monoisotopic (exact) mass is 220 g/mol. The maximum absolute atomic E-state index is 11.7. The zero-order valence-corrected chi connectivity index (χ0v) is 9.59. The number of piperidine rings is 1. The second-order valence-corrected chi connectivity index (χ2v) is 5.98. The fraction of sp³-hybridized carbons (Fsp3) is 1.00. The standard InChI is InChI=1S/C9H20N2O2S/c1-2-7-14(12,13)11-5-3-9(8-10)4-6-11/h9H,2-8,10H2,1H3. The number of hydrogen-bond donors (Lipinski definition) is 1. The van der Waals surface area contributed by atoms with Crippen LogP contribution in [0.2, 0.25) is 0 Å². The van der Waals surface area contributed by atoms with Crippen molar-refractivity contribution < 1.29 is 8.42 Å². The molecule has 0 unspecified atom stereocenters. The highest BCUT2D eigenvalue weighted by Crippen LogP contribution is 2.18. The first-order valence-electron chi connectivity index (χ1n) is 5.28. The summed E-state index contributed by atoms with van der Waals surface area (Å²) in [4.78, 5) is 0. The van der Waals surface area contributed by atoms with Gasteiger partial charge in [0.15, 0.2) is 0 Å². The molecule has 0 amide bonds. The minimum atomic E-state index is -2.97. The molecule has 0 aromatic rings. The molecule has 1 aliphatic rings. The average Bonchev–Trinajstić information content (AvgIpc) is 2.18. The lowest BCUT2D eigenvalue weighted by Gasteiger charge is -2.30. The van der Waals surface area contributed by atoms with Crippen LogP contribution in [-0.4, -0.2) is 38.1 Å². The third kappa shape index (κ3) is 2.93. The minimum absolute atomic E-state index is 0.278. The normalized spacial score (nSPS) is 21.3. The van der Waals surface area contributed by atoms with Crippen LogP contribution in [0.1, 0.15) is 26.2 Å². The maximum atomic E-state index is 11.7. The SMILES string of the molecule is CCCS(=O)(=O)N1CCC(CN)CC1. The Bertz CT molecular complexity index is 256. The van der Waals surface area contributed by atoms with Crippen LogP contribution in [0.5, 0.6) is 0 Å². The van der Waals surface area contributed by atoms with Gasteiger partial charge < -0.3 is 5.73 Å². The van der Waals surface area contributed by atoms with Gasteiger partial charge in [0, 0.05) is 13.1 Å². The molecule has 1 saturated heterocycles. The summed E-state index contributed by atoms with van der Waals surface area (Å²) in [5.41, 5.74) is 5.55. The smallest absolute Gasteiger partial charge is 0.214 e. The lowest BCUT2D eigenvalue weighted by Crippen LogP contribution is -2.41. The molecular weight excluding hydrogens is 200 g/mol. The van der Waals surface area contributed by atoms with Gasteiger partial charge in [-0.2, -0.15) is 0 Å². The van der Waals surface area contributed by atoms with E-state index in [0.29, 0.717) is 32.0 Å². The molecule has 1 aliphatic heterocycles. The van der Waals surface area contributed by atoms with E-state index < -0.39 is 10.0 Å².